The quantitative estimate of drug-likeness (QED) is 0.136. The highest BCUT2D eigenvalue weighted by atomic mass is 16.6. The van der Waals surface area contributed by atoms with Crippen LogP contribution in [0.25, 0.3) is 0 Å². The van der Waals surface area contributed by atoms with Gasteiger partial charge >= 0.3 is 24.4 Å². The van der Waals surface area contributed by atoms with Gasteiger partial charge in [-0.2, -0.15) is 0 Å². The van der Waals surface area contributed by atoms with Gasteiger partial charge < -0.3 is 39.6 Å². The second-order valence-electron chi connectivity index (χ2n) is 14.6. The largest absolute Gasteiger partial charge is 0.444 e. The standard InChI is InChI=1S/C33H52N6O10/c1-30(2,3)47-26(42)36-25(37-27(43)48-31(4,5)6)35-16-15-22-19-33(22,38-28(44)49-32(7,8)9)24(41)34-17-18-39(10)29(45)46-23-13-11-21(20-40)12-14-23/h11-14,22,40H,15-20H2,1-10H3,(H,34,41)(H,38,44)(H2,35,36,37,42,43)/t22-,33-/m1/s1. The maximum atomic E-state index is 13.5. The van der Waals surface area contributed by atoms with Crippen LogP contribution < -0.4 is 26.0 Å². The maximum absolute atomic E-state index is 13.5. The third-order valence-corrected chi connectivity index (χ3v) is 6.58. The monoisotopic (exact) mass is 692 g/mol. The molecule has 1 aliphatic carbocycles. The molecule has 1 aromatic carbocycles. The fourth-order valence-electron chi connectivity index (χ4n) is 4.32. The molecule has 1 fully saturated rings. The Morgan fingerprint density at radius 1 is 0.857 bits per heavy atom. The number of aliphatic hydroxyl groups is 1. The van der Waals surface area contributed by atoms with Crippen molar-refractivity contribution in [1.29, 1.82) is 0 Å². The summed E-state index contributed by atoms with van der Waals surface area (Å²) in [6.07, 6.45) is -2.57. The van der Waals surface area contributed by atoms with E-state index in [0.717, 1.165) is 0 Å². The Balaban J connectivity index is 2.09. The lowest BCUT2D eigenvalue weighted by atomic mass is 10.1. The lowest BCUT2D eigenvalue weighted by Crippen LogP contribution is -2.52. The van der Waals surface area contributed by atoms with Crippen LogP contribution in [-0.2, 0) is 25.6 Å². The third-order valence-electron chi connectivity index (χ3n) is 6.58. The Kier molecular flexibility index (Phi) is 13.8. The number of hydrogen-bond donors (Lipinski definition) is 5. The lowest BCUT2D eigenvalue weighted by Gasteiger charge is -2.24. The summed E-state index contributed by atoms with van der Waals surface area (Å²) in [6, 6.07) is 6.39. The summed E-state index contributed by atoms with van der Waals surface area (Å²) in [5, 5.41) is 19.5. The van der Waals surface area contributed by atoms with Gasteiger partial charge in [0.2, 0.25) is 11.9 Å². The highest BCUT2D eigenvalue weighted by Crippen LogP contribution is 2.46. The molecule has 0 spiro atoms. The van der Waals surface area contributed by atoms with E-state index in [1.54, 1.807) is 86.6 Å². The molecule has 0 bridgehead atoms. The van der Waals surface area contributed by atoms with Crippen LogP contribution >= 0.6 is 0 Å². The zero-order valence-corrected chi connectivity index (χ0v) is 30.1. The number of guanidine groups is 1. The van der Waals surface area contributed by atoms with Crippen LogP contribution in [0.3, 0.4) is 0 Å². The second kappa shape index (κ2) is 16.7. The Bertz CT molecular complexity index is 1330. The van der Waals surface area contributed by atoms with Crippen LogP contribution in [0.1, 0.15) is 80.7 Å². The fourth-order valence-corrected chi connectivity index (χ4v) is 4.32. The molecule has 2 rings (SSSR count). The van der Waals surface area contributed by atoms with Gasteiger partial charge in [0.1, 0.15) is 28.1 Å². The van der Waals surface area contributed by atoms with E-state index in [1.165, 1.54) is 11.9 Å². The predicted molar refractivity (Wildman–Crippen MR) is 180 cm³/mol. The normalized spacial score (nSPS) is 17.1. The summed E-state index contributed by atoms with van der Waals surface area (Å²) < 4.78 is 21.3. The molecule has 0 saturated heterocycles. The van der Waals surface area contributed by atoms with E-state index in [2.05, 4.69) is 26.3 Å². The van der Waals surface area contributed by atoms with Crippen LogP contribution in [-0.4, -0.2) is 95.3 Å². The highest BCUT2D eigenvalue weighted by Gasteiger charge is 2.61. The maximum Gasteiger partial charge on any atom is 0.415 e. The number of aliphatic imine (C=N–C) groups is 1. The first-order valence-electron chi connectivity index (χ1n) is 16.0. The van der Waals surface area contributed by atoms with Crippen molar-refractivity contribution in [2.24, 2.45) is 10.9 Å². The topological polar surface area (TPSA) is 206 Å². The number of amides is 5. The molecule has 0 heterocycles. The average Bonchev–Trinajstić information content (AvgIpc) is 3.62. The van der Waals surface area contributed by atoms with Gasteiger partial charge in [-0.1, -0.05) is 12.1 Å². The van der Waals surface area contributed by atoms with Crippen LogP contribution in [0.15, 0.2) is 29.3 Å². The third kappa shape index (κ3) is 15.0. The van der Waals surface area contributed by atoms with Crippen molar-refractivity contribution in [3.8, 4) is 5.75 Å². The number of carbonyl (C=O) groups excluding carboxylic acids is 5. The Morgan fingerprint density at radius 2 is 1.37 bits per heavy atom. The number of benzene rings is 1. The molecule has 16 nitrogen and oxygen atoms in total. The van der Waals surface area contributed by atoms with E-state index in [0.29, 0.717) is 11.3 Å². The summed E-state index contributed by atoms with van der Waals surface area (Å²) in [4.78, 5) is 69.2. The van der Waals surface area contributed by atoms with Crippen molar-refractivity contribution in [3.63, 3.8) is 0 Å². The molecule has 5 amide bonds. The van der Waals surface area contributed by atoms with Gasteiger partial charge in [0, 0.05) is 26.7 Å². The van der Waals surface area contributed by atoms with Gasteiger partial charge in [-0.05, 0) is 98.8 Å². The molecule has 2 atom stereocenters. The molecule has 1 saturated carbocycles. The number of ether oxygens (including phenoxy) is 4. The smallest absolute Gasteiger partial charge is 0.415 e. The van der Waals surface area contributed by atoms with Crippen LogP contribution in [0.2, 0.25) is 0 Å². The number of rotatable bonds is 10. The second-order valence-corrected chi connectivity index (χ2v) is 14.6. The van der Waals surface area contributed by atoms with Crippen molar-refractivity contribution >= 4 is 36.2 Å². The Hall–Kier alpha value is -4.60. The van der Waals surface area contributed by atoms with Gasteiger partial charge in [0.05, 0.1) is 6.61 Å². The van der Waals surface area contributed by atoms with Gasteiger partial charge in [0.15, 0.2) is 0 Å². The molecule has 16 heteroatoms. The van der Waals surface area contributed by atoms with Crippen molar-refractivity contribution in [1.82, 2.24) is 26.2 Å². The minimum Gasteiger partial charge on any atom is -0.444 e. The number of carbonyl (C=O) groups is 5. The zero-order valence-electron chi connectivity index (χ0n) is 30.1. The summed E-state index contributed by atoms with van der Waals surface area (Å²) in [5.74, 6) is -0.767. The first-order valence-corrected chi connectivity index (χ1v) is 16.0. The van der Waals surface area contributed by atoms with E-state index in [-0.39, 0.29) is 51.0 Å². The van der Waals surface area contributed by atoms with E-state index in [1.807, 2.05) is 0 Å². The zero-order chi connectivity index (χ0) is 37.2. The van der Waals surface area contributed by atoms with Crippen molar-refractivity contribution < 1.29 is 48.0 Å². The summed E-state index contributed by atoms with van der Waals surface area (Å²) in [7, 11) is 1.51. The molecule has 1 aliphatic rings. The van der Waals surface area contributed by atoms with Gasteiger partial charge in [-0.25, -0.2) is 19.2 Å². The number of hydrogen-bond acceptors (Lipinski definition) is 11. The summed E-state index contributed by atoms with van der Waals surface area (Å²) in [5.41, 5.74) is -3.07. The van der Waals surface area contributed by atoms with E-state index >= 15 is 0 Å². The molecule has 0 aliphatic heterocycles. The number of likely N-dealkylation sites (N-methyl/N-ethyl adjacent to an activating group) is 1. The number of nitrogens with zero attached hydrogens (tertiary/aromatic N) is 2. The molecule has 274 valence electrons. The van der Waals surface area contributed by atoms with Gasteiger partial charge in [-0.3, -0.25) is 20.4 Å². The first-order chi connectivity index (χ1) is 22.5. The number of aliphatic hydroxyl groups excluding tert-OH is 1. The van der Waals surface area contributed by atoms with Crippen molar-refractivity contribution in [2.75, 3.05) is 26.7 Å². The molecular formula is C33H52N6O10. The molecule has 0 unspecified atom stereocenters. The van der Waals surface area contributed by atoms with Gasteiger partial charge in [-0.15, -0.1) is 0 Å². The Morgan fingerprint density at radius 3 is 1.86 bits per heavy atom. The molecule has 49 heavy (non-hydrogen) atoms. The van der Waals surface area contributed by atoms with Crippen molar-refractivity contribution in [3.05, 3.63) is 29.8 Å². The minimum atomic E-state index is -1.32. The molecule has 5 N–H and O–H groups in total. The van der Waals surface area contributed by atoms with E-state index in [4.69, 9.17) is 18.9 Å². The minimum absolute atomic E-state index is 0.0461. The van der Waals surface area contributed by atoms with E-state index in [9.17, 15) is 29.1 Å². The number of nitrogens with one attached hydrogen (secondary N) is 4. The molecule has 1 aromatic rings. The number of alkyl carbamates (subject to hydrolysis) is 3. The highest BCUT2D eigenvalue weighted by molar-refractivity contribution is 6.01. The van der Waals surface area contributed by atoms with Gasteiger partial charge in [0.25, 0.3) is 0 Å². The van der Waals surface area contributed by atoms with Crippen LogP contribution in [0.5, 0.6) is 5.75 Å². The fraction of sp³-hybridized carbons (Fsp3) is 0.636. The van der Waals surface area contributed by atoms with Crippen LogP contribution in [0.4, 0.5) is 19.2 Å². The Labute approximate surface area is 287 Å². The van der Waals surface area contributed by atoms with Crippen LogP contribution in [0, 0.1) is 5.92 Å². The van der Waals surface area contributed by atoms with E-state index < -0.39 is 52.6 Å². The predicted octanol–water partition coefficient (Wildman–Crippen LogP) is 3.80. The molecule has 0 radical (unpaired) electrons. The SMILES string of the molecule is CN(CCNC(=O)[C@@]1(NC(=O)OC(C)(C)C)C[C@H]1CCN=C(NC(=O)OC(C)(C)C)NC(=O)OC(C)(C)C)C(=O)Oc1ccc(CO)cc1. The van der Waals surface area contributed by atoms with Crippen molar-refractivity contribution in [2.45, 2.75) is 104 Å². The lowest BCUT2D eigenvalue weighted by molar-refractivity contribution is -0.124. The summed E-state index contributed by atoms with van der Waals surface area (Å²) in [6.45, 7) is 15.3. The molecular weight excluding hydrogens is 640 g/mol. The molecule has 0 aromatic heterocycles. The summed E-state index contributed by atoms with van der Waals surface area (Å²) >= 11 is 0. The average molecular weight is 693 g/mol. The first kappa shape index (κ1) is 40.6.